The highest BCUT2D eigenvalue weighted by molar-refractivity contribution is 5.81. The van der Waals surface area contributed by atoms with Gasteiger partial charge in [0.2, 0.25) is 5.91 Å². The Morgan fingerprint density at radius 3 is 2.11 bits per heavy atom. The quantitative estimate of drug-likeness (QED) is 0.666. The highest BCUT2D eigenvalue weighted by Gasteiger charge is 2.18. The molecule has 2 N–H and O–H groups in total. The van der Waals surface area contributed by atoms with E-state index in [4.69, 9.17) is 0 Å². The summed E-state index contributed by atoms with van der Waals surface area (Å²) in [6, 6.07) is 0.345. The minimum atomic E-state index is -0.0993. The number of nitrogens with one attached hydrogen (secondary N) is 2. The van der Waals surface area contributed by atoms with Crippen LogP contribution in [-0.2, 0) is 4.79 Å². The van der Waals surface area contributed by atoms with Crippen LogP contribution in [0.1, 0.15) is 60.8 Å². The molecule has 0 aliphatic heterocycles. The molecule has 0 aromatic carbocycles. The Kier molecular flexibility index (Phi) is 9.08. The first-order valence-corrected chi connectivity index (χ1v) is 7.44. The van der Waals surface area contributed by atoms with Crippen LogP contribution in [0.3, 0.4) is 0 Å². The molecule has 0 aromatic rings. The number of hydrogen-bond acceptors (Lipinski definition) is 2. The average Bonchev–Trinajstić information content (AvgIpc) is 2.34. The van der Waals surface area contributed by atoms with E-state index in [1.165, 1.54) is 6.42 Å². The number of rotatable bonds is 9. The second-order valence-electron chi connectivity index (χ2n) is 5.88. The molecule has 1 amide bonds. The largest absolute Gasteiger partial charge is 0.354 e. The van der Waals surface area contributed by atoms with E-state index in [0.717, 1.165) is 19.4 Å². The van der Waals surface area contributed by atoms with Crippen LogP contribution in [0.2, 0.25) is 0 Å². The van der Waals surface area contributed by atoms with Gasteiger partial charge in [0.15, 0.2) is 0 Å². The van der Waals surface area contributed by atoms with Crippen LogP contribution < -0.4 is 10.6 Å². The van der Waals surface area contributed by atoms with Crippen LogP contribution in [0, 0.1) is 11.8 Å². The van der Waals surface area contributed by atoms with E-state index >= 15 is 0 Å². The van der Waals surface area contributed by atoms with Gasteiger partial charge in [-0.2, -0.15) is 0 Å². The van der Waals surface area contributed by atoms with Crippen molar-refractivity contribution >= 4 is 5.91 Å². The van der Waals surface area contributed by atoms with E-state index in [1.807, 2.05) is 6.92 Å². The van der Waals surface area contributed by atoms with E-state index in [-0.39, 0.29) is 11.9 Å². The van der Waals surface area contributed by atoms with Crippen molar-refractivity contribution in [3.8, 4) is 0 Å². The molecular formula is C15H32N2O. The zero-order chi connectivity index (χ0) is 14.1. The highest BCUT2D eigenvalue weighted by Crippen LogP contribution is 2.12. The maximum atomic E-state index is 11.9. The van der Waals surface area contributed by atoms with Gasteiger partial charge >= 0.3 is 0 Å². The smallest absolute Gasteiger partial charge is 0.236 e. The van der Waals surface area contributed by atoms with Gasteiger partial charge in [0.25, 0.3) is 0 Å². The van der Waals surface area contributed by atoms with E-state index in [2.05, 4.69) is 45.3 Å². The second-order valence-corrected chi connectivity index (χ2v) is 5.88. The number of amides is 1. The summed E-state index contributed by atoms with van der Waals surface area (Å²) < 4.78 is 0. The van der Waals surface area contributed by atoms with Crippen molar-refractivity contribution < 1.29 is 4.79 Å². The van der Waals surface area contributed by atoms with Gasteiger partial charge in [-0.05, 0) is 31.6 Å². The fraction of sp³-hybridized carbons (Fsp3) is 0.933. The van der Waals surface area contributed by atoms with Crippen LogP contribution in [0.4, 0.5) is 0 Å². The number of carbonyl (C=O) groups excluding carboxylic acids is 1. The van der Waals surface area contributed by atoms with Crippen molar-refractivity contribution in [3.05, 3.63) is 0 Å². The maximum Gasteiger partial charge on any atom is 0.236 e. The van der Waals surface area contributed by atoms with E-state index in [1.54, 1.807) is 0 Å². The first-order valence-electron chi connectivity index (χ1n) is 7.44. The van der Waals surface area contributed by atoms with Gasteiger partial charge in [-0.1, -0.05) is 41.0 Å². The van der Waals surface area contributed by atoms with Crippen molar-refractivity contribution in [2.75, 3.05) is 6.54 Å². The van der Waals surface area contributed by atoms with Crippen LogP contribution >= 0.6 is 0 Å². The van der Waals surface area contributed by atoms with E-state index < -0.39 is 0 Å². The second kappa shape index (κ2) is 9.37. The summed E-state index contributed by atoms with van der Waals surface area (Å²) in [6.07, 6.45) is 3.42. The average molecular weight is 256 g/mol. The molecule has 3 unspecified atom stereocenters. The number of carbonyl (C=O) groups is 1. The summed E-state index contributed by atoms with van der Waals surface area (Å²) in [6.45, 7) is 13.6. The summed E-state index contributed by atoms with van der Waals surface area (Å²) in [5, 5.41) is 6.42. The van der Waals surface area contributed by atoms with E-state index in [0.29, 0.717) is 17.9 Å². The highest BCUT2D eigenvalue weighted by atomic mass is 16.2. The molecule has 18 heavy (non-hydrogen) atoms. The summed E-state index contributed by atoms with van der Waals surface area (Å²) in [4.78, 5) is 11.9. The molecule has 0 aliphatic carbocycles. The third-order valence-electron chi connectivity index (χ3n) is 3.44. The Morgan fingerprint density at radius 2 is 1.67 bits per heavy atom. The summed E-state index contributed by atoms with van der Waals surface area (Å²) >= 11 is 0. The lowest BCUT2D eigenvalue weighted by atomic mass is 9.97. The molecule has 0 heterocycles. The molecule has 3 heteroatoms. The lowest BCUT2D eigenvalue weighted by Crippen LogP contribution is -2.47. The molecule has 0 saturated heterocycles. The first-order chi connectivity index (χ1) is 8.40. The molecule has 0 spiro atoms. The van der Waals surface area contributed by atoms with Crippen LogP contribution in [0.15, 0.2) is 0 Å². The summed E-state index contributed by atoms with van der Waals surface area (Å²) in [5.41, 5.74) is 0. The zero-order valence-electron chi connectivity index (χ0n) is 13.0. The van der Waals surface area contributed by atoms with Gasteiger partial charge in [-0.15, -0.1) is 0 Å². The predicted molar refractivity (Wildman–Crippen MR) is 78.6 cm³/mol. The third kappa shape index (κ3) is 7.70. The van der Waals surface area contributed by atoms with Crippen molar-refractivity contribution in [1.82, 2.24) is 10.6 Å². The Hall–Kier alpha value is -0.570. The van der Waals surface area contributed by atoms with Gasteiger partial charge in [0, 0.05) is 12.6 Å². The van der Waals surface area contributed by atoms with E-state index in [9.17, 15) is 4.79 Å². The van der Waals surface area contributed by atoms with Gasteiger partial charge in [0.1, 0.15) is 0 Å². The van der Waals surface area contributed by atoms with Crippen molar-refractivity contribution in [1.29, 1.82) is 0 Å². The molecule has 0 aliphatic rings. The minimum Gasteiger partial charge on any atom is -0.354 e. The van der Waals surface area contributed by atoms with Crippen LogP contribution in [-0.4, -0.2) is 24.5 Å². The monoisotopic (exact) mass is 256 g/mol. The standard InChI is InChI=1S/C15H32N2O/c1-7-12(5)9-14(8-2)17-13(6)15(18)16-10-11(3)4/h11-14,17H,7-10H2,1-6H3,(H,16,18). The summed E-state index contributed by atoms with van der Waals surface area (Å²) in [7, 11) is 0. The molecule has 0 fully saturated rings. The molecule has 3 nitrogen and oxygen atoms in total. The predicted octanol–water partition coefficient (Wildman–Crippen LogP) is 2.95. The first kappa shape index (κ1) is 17.4. The van der Waals surface area contributed by atoms with Crippen molar-refractivity contribution in [3.63, 3.8) is 0 Å². The molecule has 0 bridgehead atoms. The fourth-order valence-corrected chi connectivity index (χ4v) is 1.89. The summed E-state index contributed by atoms with van der Waals surface area (Å²) in [5.74, 6) is 1.34. The maximum absolute atomic E-state index is 11.9. The molecule has 0 aromatic heterocycles. The molecule has 0 rings (SSSR count). The number of hydrogen-bond donors (Lipinski definition) is 2. The zero-order valence-corrected chi connectivity index (χ0v) is 13.0. The lowest BCUT2D eigenvalue weighted by Gasteiger charge is -2.24. The van der Waals surface area contributed by atoms with Gasteiger partial charge in [-0.3, -0.25) is 4.79 Å². The van der Waals surface area contributed by atoms with Crippen molar-refractivity contribution in [2.45, 2.75) is 72.9 Å². The normalized spacial score (nSPS) is 16.4. The van der Waals surface area contributed by atoms with Gasteiger partial charge < -0.3 is 10.6 Å². The lowest BCUT2D eigenvalue weighted by molar-refractivity contribution is -0.123. The van der Waals surface area contributed by atoms with Crippen molar-refractivity contribution in [2.24, 2.45) is 11.8 Å². The Labute approximate surface area is 113 Å². The SMILES string of the molecule is CCC(C)CC(CC)NC(C)C(=O)NCC(C)C. The molecule has 108 valence electrons. The fourth-order valence-electron chi connectivity index (χ4n) is 1.89. The van der Waals surface area contributed by atoms with Gasteiger partial charge in [0.05, 0.1) is 6.04 Å². The Balaban J connectivity index is 4.08. The topological polar surface area (TPSA) is 41.1 Å². The molecule has 3 atom stereocenters. The Bertz CT molecular complexity index is 229. The molecule has 0 radical (unpaired) electrons. The van der Waals surface area contributed by atoms with Gasteiger partial charge in [-0.25, -0.2) is 0 Å². The molecular weight excluding hydrogens is 224 g/mol. The molecule has 0 saturated carbocycles. The van der Waals surface area contributed by atoms with Crippen LogP contribution in [0.5, 0.6) is 0 Å². The minimum absolute atomic E-state index is 0.0993. The Morgan fingerprint density at radius 1 is 1.06 bits per heavy atom. The van der Waals surface area contributed by atoms with Crippen LogP contribution in [0.25, 0.3) is 0 Å². The third-order valence-corrected chi connectivity index (χ3v) is 3.44.